The van der Waals surface area contributed by atoms with Crippen LogP contribution in [-0.4, -0.2) is 5.71 Å². The van der Waals surface area contributed by atoms with Gasteiger partial charge in [0.15, 0.2) is 5.82 Å². The summed E-state index contributed by atoms with van der Waals surface area (Å²) in [5.74, 6) is -1.23. The predicted molar refractivity (Wildman–Crippen MR) is 71.3 cm³/mol. The third-order valence-electron chi connectivity index (χ3n) is 3.17. The normalized spacial score (nSPS) is 13.3. The molecule has 0 saturated heterocycles. The third kappa shape index (κ3) is 2.47. The van der Waals surface area contributed by atoms with Gasteiger partial charge in [0.2, 0.25) is 0 Å². The first-order valence-corrected chi connectivity index (χ1v) is 6.05. The third-order valence-corrected chi connectivity index (χ3v) is 3.17. The molecule has 2 aromatic carbocycles. The SMILES string of the molecule is Fc1ccc(NN=C2Cc3ccccc3C2)c(F)c1. The summed E-state index contributed by atoms with van der Waals surface area (Å²) in [5, 5.41) is 4.20. The number of fused-ring (bicyclic) bond motifs is 1. The zero-order chi connectivity index (χ0) is 13.2. The van der Waals surface area contributed by atoms with E-state index in [1.54, 1.807) is 0 Å². The van der Waals surface area contributed by atoms with E-state index in [1.165, 1.54) is 23.3 Å². The van der Waals surface area contributed by atoms with Crippen molar-refractivity contribution in [3.63, 3.8) is 0 Å². The Labute approximate surface area is 109 Å². The van der Waals surface area contributed by atoms with Gasteiger partial charge in [0.25, 0.3) is 0 Å². The second kappa shape index (κ2) is 4.80. The highest BCUT2D eigenvalue weighted by molar-refractivity contribution is 5.93. The van der Waals surface area contributed by atoms with Gasteiger partial charge in [-0.15, -0.1) is 0 Å². The molecule has 19 heavy (non-hydrogen) atoms. The van der Waals surface area contributed by atoms with E-state index in [9.17, 15) is 8.78 Å². The van der Waals surface area contributed by atoms with Gasteiger partial charge in [0.1, 0.15) is 5.82 Å². The van der Waals surface area contributed by atoms with Gasteiger partial charge < -0.3 is 0 Å². The fraction of sp³-hybridized carbons (Fsp3) is 0.133. The fourth-order valence-corrected chi connectivity index (χ4v) is 2.20. The summed E-state index contributed by atoms with van der Waals surface area (Å²) in [4.78, 5) is 0. The minimum atomic E-state index is -0.639. The predicted octanol–water partition coefficient (Wildman–Crippen LogP) is 3.53. The van der Waals surface area contributed by atoms with Crippen LogP contribution in [0, 0.1) is 11.6 Å². The van der Waals surface area contributed by atoms with Crippen molar-refractivity contribution in [1.82, 2.24) is 0 Å². The number of nitrogens with zero attached hydrogens (tertiary/aromatic N) is 1. The lowest BCUT2D eigenvalue weighted by molar-refractivity contribution is 0.585. The van der Waals surface area contributed by atoms with Gasteiger partial charge in [0.05, 0.1) is 5.69 Å². The Kier molecular flexibility index (Phi) is 2.99. The van der Waals surface area contributed by atoms with Gasteiger partial charge in [-0.1, -0.05) is 24.3 Å². The van der Waals surface area contributed by atoms with Gasteiger partial charge in [0, 0.05) is 24.6 Å². The molecule has 4 heteroatoms. The Morgan fingerprint density at radius 1 is 0.947 bits per heavy atom. The summed E-state index contributed by atoms with van der Waals surface area (Å²) in [7, 11) is 0. The molecule has 0 aromatic heterocycles. The summed E-state index contributed by atoms with van der Waals surface area (Å²) >= 11 is 0. The van der Waals surface area contributed by atoms with Crippen LogP contribution in [0.2, 0.25) is 0 Å². The summed E-state index contributed by atoms with van der Waals surface area (Å²) in [6.45, 7) is 0. The molecular weight excluding hydrogens is 246 g/mol. The van der Waals surface area contributed by atoms with Gasteiger partial charge in [-0.3, -0.25) is 5.43 Å². The van der Waals surface area contributed by atoms with Gasteiger partial charge in [-0.05, 0) is 23.3 Å². The zero-order valence-electron chi connectivity index (χ0n) is 10.2. The number of nitrogens with one attached hydrogen (secondary N) is 1. The minimum Gasteiger partial charge on any atom is -0.276 e. The maximum Gasteiger partial charge on any atom is 0.151 e. The standard InChI is InChI=1S/C15H12F2N2/c16-12-5-6-15(14(17)9-12)19-18-13-7-10-3-1-2-4-11(10)8-13/h1-6,9,19H,7-8H2. The van der Waals surface area contributed by atoms with E-state index in [1.807, 2.05) is 12.1 Å². The lowest BCUT2D eigenvalue weighted by Crippen LogP contribution is -2.02. The van der Waals surface area contributed by atoms with E-state index in [-0.39, 0.29) is 5.69 Å². The molecule has 3 rings (SSSR count). The molecule has 1 N–H and O–H groups in total. The molecule has 0 amide bonds. The van der Waals surface area contributed by atoms with Crippen LogP contribution in [0.25, 0.3) is 0 Å². The molecule has 0 atom stereocenters. The molecule has 0 saturated carbocycles. The van der Waals surface area contributed by atoms with Gasteiger partial charge in [-0.25, -0.2) is 8.78 Å². The van der Waals surface area contributed by atoms with E-state index < -0.39 is 11.6 Å². The Morgan fingerprint density at radius 2 is 1.63 bits per heavy atom. The number of hydrogen-bond acceptors (Lipinski definition) is 2. The average Bonchev–Trinajstić information content (AvgIpc) is 2.80. The molecule has 2 nitrogen and oxygen atoms in total. The van der Waals surface area contributed by atoms with Crippen molar-refractivity contribution in [2.24, 2.45) is 5.10 Å². The van der Waals surface area contributed by atoms with E-state index in [0.29, 0.717) is 0 Å². The van der Waals surface area contributed by atoms with Crippen molar-refractivity contribution in [3.8, 4) is 0 Å². The highest BCUT2D eigenvalue weighted by atomic mass is 19.1. The second-order valence-corrected chi connectivity index (χ2v) is 4.54. The molecule has 0 bridgehead atoms. The van der Waals surface area contributed by atoms with Crippen LogP contribution < -0.4 is 5.43 Å². The number of halogens is 2. The van der Waals surface area contributed by atoms with Crippen LogP contribution in [0.3, 0.4) is 0 Å². The van der Waals surface area contributed by atoms with Crippen molar-refractivity contribution in [2.75, 3.05) is 5.43 Å². The van der Waals surface area contributed by atoms with Crippen molar-refractivity contribution in [3.05, 3.63) is 65.2 Å². The monoisotopic (exact) mass is 258 g/mol. The Hall–Kier alpha value is -2.23. The molecule has 0 heterocycles. The molecule has 0 radical (unpaired) electrons. The van der Waals surface area contributed by atoms with Gasteiger partial charge >= 0.3 is 0 Å². The number of anilines is 1. The first-order chi connectivity index (χ1) is 9.22. The lowest BCUT2D eigenvalue weighted by Gasteiger charge is -2.03. The number of benzene rings is 2. The van der Waals surface area contributed by atoms with Crippen molar-refractivity contribution in [2.45, 2.75) is 12.8 Å². The molecule has 96 valence electrons. The molecule has 1 aliphatic carbocycles. The Balaban J connectivity index is 1.75. The van der Waals surface area contributed by atoms with Crippen molar-refractivity contribution in [1.29, 1.82) is 0 Å². The smallest absolute Gasteiger partial charge is 0.151 e. The van der Waals surface area contributed by atoms with E-state index in [4.69, 9.17) is 0 Å². The molecule has 0 aliphatic heterocycles. The Bertz CT molecular complexity index is 623. The highest BCUT2D eigenvalue weighted by Crippen LogP contribution is 2.20. The van der Waals surface area contributed by atoms with E-state index in [0.717, 1.165) is 24.6 Å². The molecule has 2 aromatic rings. The zero-order valence-corrected chi connectivity index (χ0v) is 10.2. The van der Waals surface area contributed by atoms with Crippen molar-refractivity contribution < 1.29 is 8.78 Å². The quantitative estimate of drug-likeness (QED) is 0.819. The second-order valence-electron chi connectivity index (χ2n) is 4.54. The van der Waals surface area contributed by atoms with E-state index in [2.05, 4.69) is 22.7 Å². The lowest BCUT2D eigenvalue weighted by atomic mass is 10.1. The van der Waals surface area contributed by atoms with Crippen LogP contribution >= 0.6 is 0 Å². The largest absolute Gasteiger partial charge is 0.276 e. The molecule has 1 aliphatic rings. The van der Waals surface area contributed by atoms with Crippen LogP contribution in [0.4, 0.5) is 14.5 Å². The van der Waals surface area contributed by atoms with E-state index >= 15 is 0 Å². The van der Waals surface area contributed by atoms with Crippen molar-refractivity contribution >= 4 is 11.4 Å². The van der Waals surface area contributed by atoms with Crippen LogP contribution in [0.15, 0.2) is 47.6 Å². The van der Waals surface area contributed by atoms with Crippen LogP contribution in [0.1, 0.15) is 11.1 Å². The minimum absolute atomic E-state index is 0.185. The molecule has 0 fully saturated rings. The fourth-order valence-electron chi connectivity index (χ4n) is 2.20. The molecule has 0 spiro atoms. The summed E-state index contributed by atoms with van der Waals surface area (Å²) < 4.78 is 26.2. The topological polar surface area (TPSA) is 24.4 Å². The maximum atomic E-state index is 13.4. The first kappa shape index (κ1) is 11.8. The van der Waals surface area contributed by atoms with Crippen LogP contribution in [-0.2, 0) is 12.8 Å². The summed E-state index contributed by atoms with van der Waals surface area (Å²) in [6.07, 6.45) is 1.54. The first-order valence-electron chi connectivity index (χ1n) is 6.05. The summed E-state index contributed by atoms with van der Waals surface area (Å²) in [5.41, 5.74) is 6.30. The highest BCUT2D eigenvalue weighted by Gasteiger charge is 2.15. The molecular formula is C15H12F2N2. The maximum absolute atomic E-state index is 13.4. The number of rotatable bonds is 2. The average molecular weight is 258 g/mol. The Morgan fingerprint density at radius 3 is 2.26 bits per heavy atom. The van der Waals surface area contributed by atoms with Crippen LogP contribution in [0.5, 0.6) is 0 Å². The summed E-state index contributed by atoms with van der Waals surface area (Å²) in [6, 6.07) is 11.5. The van der Waals surface area contributed by atoms with Gasteiger partial charge in [-0.2, -0.15) is 5.10 Å². The molecule has 0 unspecified atom stereocenters. The number of hydrazone groups is 1. The number of hydrogen-bond donors (Lipinski definition) is 1.